The molecular weight excluding hydrogens is 524 g/mol. The number of ketones is 1. The summed E-state index contributed by atoms with van der Waals surface area (Å²) in [6, 6.07) is 22.6. The zero-order chi connectivity index (χ0) is 29.8. The highest BCUT2D eigenvalue weighted by Crippen LogP contribution is 2.37. The third-order valence-corrected chi connectivity index (χ3v) is 7.92. The normalized spacial score (nSPS) is 13.4. The number of H-pyrrole nitrogens is 1. The lowest BCUT2D eigenvalue weighted by Crippen LogP contribution is -2.35. The van der Waals surface area contributed by atoms with E-state index in [4.69, 9.17) is 0 Å². The van der Waals surface area contributed by atoms with Crippen molar-refractivity contribution < 1.29 is 14.4 Å². The number of fused-ring (bicyclic) bond motifs is 1. The Kier molecular flexibility index (Phi) is 8.50. The van der Waals surface area contributed by atoms with E-state index in [2.05, 4.69) is 34.4 Å². The summed E-state index contributed by atoms with van der Waals surface area (Å²) in [5.41, 5.74) is 8.15. The van der Waals surface area contributed by atoms with Gasteiger partial charge in [-0.2, -0.15) is 0 Å². The van der Waals surface area contributed by atoms with Gasteiger partial charge in [-0.1, -0.05) is 80.6 Å². The average Bonchev–Trinajstić information content (AvgIpc) is 3.48. The van der Waals surface area contributed by atoms with Crippen molar-refractivity contribution in [2.75, 3.05) is 31.5 Å². The molecule has 2 amide bonds. The number of aromatic nitrogens is 1. The fourth-order valence-electron chi connectivity index (χ4n) is 5.45. The van der Waals surface area contributed by atoms with Gasteiger partial charge in [-0.25, -0.2) is 0 Å². The van der Waals surface area contributed by atoms with E-state index in [1.54, 1.807) is 0 Å². The van der Waals surface area contributed by atoms with Gasteiger partial charge in [-0.15, -0.1) is 0 Å². The molecule has 0 fully saturated rings. The monoisotopic (exact) mass is 560 g/mol. The highest BCUT2D eigenvalue weighted by atomic mass is 16.2. The van der Waals surface area contributed by atoms with Crippen LogP contribution in [0.15, 0.2) is 72.8 Å². The molecule has 0 spiro atoms. The van der Waals surface area contributed by atoms with Gasteiger partial charge >= 0.3 is 0 Å². The first-order chi connectivity index (χ1) is 20.3. The number of amides is 2. The second kappa shape index (κ2) is 12.4. The predicted molar refractivity (Wildman–Crippen MR) is 169 cm³/mol. The third kappa shape index (κ3) is 5.83. The standard InChI is InChI=1S/C35H36N4O3/c1-5-39(6-2)19-18-36-35(42)32-22(3)30(37-23(32)4)21-29-28-17-16-27(20-31(28)38-34(29)41)24-12-14-26(15-13-24)33(40)25-10-8-7-9-11-25/h7-17,20-21,37H,5-6,18-19H2,1-4H3,(H,36,42)(H,38,41)/b29-21-. The van der Waals surface area contributed by atoms with E-state index in [0.29, 0.717) is 28.8 Å². The number of rotatable bonds is 10. The molecule has 3 N–H and O–H groups in total. The van der Waals surface area contributed by atoms with Gasteiger partial charge in [0.05, 0.1) is 11.1 Å². The molecule has 5 rings (SSSR count). The maximum atomic E-state index is 13.0. The van der Waals surface area contributed by atoms with Gasteiger partial charge in [0.1, 0.15) is 0 Å². The Hall–Kier alpha value is -4.75. The number of hydrogen-bond acceptors (Lipinski definition) is 4. The van der Waals surface area contributed by atoms with Gasteiger partial charge in [-0.3, -0.25) is 14.4 Å². The van der Waals surface area contributed by atoms with Crippen molar-refractivity contribution in [3.05, 3.63) is 112 Å². The first-order valence-electron chi connectivity index (χ1n) is 14.4. The van der Waals surface area contributed by atoms with Gasteiger partial charge < -0.3 is 20.5 Å². The van der Waals surface area contributed by atoms with Gasteiger partial charge in [0.15, 0.2) is 5.78 Å². The Morgan fingerprint density at radius 2 is 1.55 bits per heavy atom. The number of hydrogen-bond donors (Lipinski definition) is 3. The molecule has 1 aromatic heterocycles. The van der Waals surface area contributed by atoms with Crippen molar-refractivity contribution in [2.24, 2.45) is 0 Å². The summed E-state index contributed by atoms with van der Waals surface area (Å²) in [6.45, 7) is 11.3. The van der Waals surface area contributed by atoms with Crippen molar-refractivity contribution >= 4 is 34.9 Å². The molecule has 42 heavy (non-hydrogen) atoms. The van der Waals surface area contributed by atoms with E-state index in [9.17, 15) is 14.4 Å². The first-order valence-corrected chi connectivity index (χ1v) is 14.4. The van der Waals surface area contributed by atoms with Crippen LogP contribution in [0.3, 0.4) is 0 Å². The minimum Gasteiger partial charge on any atom is -0.358 e. The Bertz CT molecular complexity index is 1660. The molecule has 0 unspecified atom stereocenters. The Morgan fingerprint density at radius 3 is 2.24 bits per heavy atom. The molecule has 0 aliphatic carbocycles. The number of nitrogens with zero attached hydrogens (tertiary/aromatic N) is 1. The molecular formula is C35H36N4O3. The van der Waals surface area contributed by atoms with Crippen molar-refractivity contribution in [3.63, 3.8) is 0 Å². The number of carbonyl (C=O) groups excluding carboxylic acids is 3. The summed E-state index contributed by atoms with van der Waals surface area (Å²) in [5.74, 6) is -0.327. The topological polar surface area (TPSA) is 94.3 Å². The molecule has 0 saturated carbocycles. The molecule has 1 aliphatic heterocycles. The number of aryl methyl sites for hydroxylation is 1. The molecule has 0 radical (unpaired) electrons. The number of carbonyl (C=O) groups is 3. The quantitative estimate of drug-likeness (QED) is 0.162. The first kappa shape index (κ1) is 28.8. The van der Waals surface area contributed by atoms with E-state index in [0.717, 1.165) is 59.0 Å². The van der Waals surface area contributed by atoms with E-state index in [-0.39, 0.29) is 17.6 Å². The van der Waals surface area contributed by atoms with Crippen molar-refractivity contribution in [2.45, 2.75) is 27.7 Å². The zero-order valence-electron chi connectivity index (χ0n) is 24.5. The SMILES string of the molecule is CCN(CC)CCNC(=O)c1c(C)[nH]c(/C=C2\C(=O)Nc3cc(-c4ccc(C(=O)c5ccccc5)cc4)ccc32)c1C. The van der Waals surface area contributed by atoms with Crippen LogP contribution < -0.4 is 10.6 Å². The largest absolute Gasteiger partial charge is 0.358 e. The van der Waals surface area contributed by atoms with E-state index >= 15 is 0 Å². The fourth-order valence-corrected chi connectivity index (χ4v) is 5.45. The zero-order valence-corrected chi connectivity index (χ0v) is 24.5. The summed E-state index contributed by atoms with van der Waals surface area (Å²) < 4.78 is 0. The van der Waals surface area contributed by atoms with Crippen LogP contribution in [0.5, 0.6) is 0 Å². The number of likely N-dealkylation sites (N-methyl/N-ethyl adjacent to an activating group) is 1. The second-order valence-corrected chi connectivity index (χ2v) is 10.5. The lowest BCUT2D eigenvalue weighted by molar-refractivity contribution is -0.110. The molecule has 1 aliphatic rings. The molecule has 3 aromatic carbocycles. The summed E-state index contributed by atoms with van der Waals surface area (Å²) >= 11 is 0. The van der Waals surface area contributed by atoms with Crippen molar-refractivity contribution in [1.82, 2.24) is 15.2 Å². The van der Waals surface area contributed by atoms with Crippen LogP contribution in [-0.2, 0) is 4.79 Å². The number of aromatic amines is 1. The summed E-state index contributed by atoms with van der Waals surface area (Å²) in [5, 5.41) is 6.01. The van der Waals surface area contributed by atoms with Gasteiger partial charge in [0.2, 0.25) is 0 Å². The summed E-state index contributed by atoms with van der Waals surface area (Å²) in [4.78, 5) is 44.3. The maximum absolute atomic E-state index is 13.0. The smallest absolute Gasteiger partial charge is 0.256 e. The number of benzene rings is 3. The van der Waals surface area contributed by atoms with Crippen LogP contribution in [0.2, 0.25) is 0 Å². The third-order valence-electron chi connectivity index (χ3n) is 7.92. The van der Waals surface area contributed by atoms with Crippen LogP contribution in [0, 0.1) is 13.8 Å². The molecule has 0 bridgehead atoms. The fraction of sp³-hybridized carbons (Fsp3) is 0.229. The molecule has 4 aromatic rings. The predicted octanol–water partition coefficient (Wildman–Crippen LogP) is 6.09. The Balaban J connectivity index is 1.34. The highest BCUT2D eigenvalue weighted by molar-refractivity contribution is 6.35. The van der Waals surface area contributed by atoms with Crippen molar-refractivity contribution in [1.29, 1.82) is 0 Å². The molecule has 0 saturated heterocycles. The number of nitrogens with one attached hydrogen (secondary N) is 3. The van der Waals surface area contributed by atoms with E-state index in [1.165, 1.54) is 0 Å². The highest BCUT2D eigenvalue weighted by Gasteiger charge is 2.26. The lowest BCUT2D eigenvalue weighted by atomic mass is 9.97. The second-order valence-electron chi connectivity index (χ2n) is 10.5. The maximum Gasteiger partial charge on any atom is 0.256 e. The number of anilines is 1. The molecule has 7 nitrogen and oxygen atoms in total. The molecule has 0 atom stereocenters. The van der Waals surface area contributed by atoms with E-state index < -0.39 is 0 Å². The minimum absolute atomic E-state index is 0.0201. The van der Waals surface area contributed by atoms with E-state index in [1.807, 2.05) is 92.7 Å². The molecule has 7 heteroatoms. The molecule has 214 valence electrons. The summed E-state index contributed by atoms with van der Waals surface area (Å²) in [7, 11) is 0. The van der Waals surface area contributed by atoms with Gasteiger partial charge in [0, 0.05) is 46.9 Å². The van der Waals surface area contributed by atoms with Crippen LogP contribution in [0.1, 0.15) is 62.6 Å². The Labute approximate surface area is 246 Å². The lowest BCUT2D eigenvalue weighted by Gasteiger charge is -2.18. The average molecular weight is 561 g/mol. The summed E-state index contributed by atoms with van der Waals surface area (Å²) in [6.07, 6.45) is 1.82. The van der Waals surface area contributed by atoms with Gasteiger partial charge in [0.25, 0.3) is 11.8 Å². The van der Waals surface area contributed by atoms with Gasteiger partial charge in [-0.05, 0) is 55.8 Å². The van der Waals surface area contributed by atoms with Crippen LogP contribution in [-0.4, -0.2) is 53.7 Å². The van der Waals surface area contributed by atoms with Crippen LogP contribution in [0.25, 0.3) is 22.8 Å². The Morgan fingerprint density at radius 1 is 0.881 bits per heavy atom. The van der Waals surface area contributed by atoms with Crippen molar-refractivity contribution in [3.8, 4) is 11.1 Å². The van der Waals surface area contributed by atoms with Crippen LogP contribution in [0.4, 0.5) is 5.69 Å². The minimum atomic E-state index is -0.192. The van der Waals surface area contributed by atoms with Crippen LogP contribution >= 0.6 is 0 Å². The molecule has 2 heterocycles.